The Balaban J connectivity index is 2.08. The number of nitrogens with one attached hydrogen (secondary N) is 1. The summed E-state index contributed by atoms with van der Waals surface area (Å²) in [7, 11) is 1.79. The highest BCUT2D eigenvalue weighted by atomic mass is 35.5. The Hall–Kier alpha value is -0.770. The normalized spacial score (nSPS) is 19.1. The molecular weight excluding hydrogens is 272 g/mol. The topological polar surface area (TPSA) is 24.5 Å². The van der Waals surface area contributed by atoms with Crippen molar-refractivity contribution in [3.05, 3.63) is 28.8 Å². The second-order valence-corrected chi connectivity index (χ2v) is 6.33. The molecule has 1 atom stereocenters. The molecule has 3 nitrogen and oxygen atoms in total. The number of anilines is 1. The molecule has 20 heavy (non-hydrogen) atoms. The van der Waals surface area contributed by atoms with Crippen molar-refractivity contribution in [1.29, 1.82) is 0 Å². The van der Waals surface area contributed by atoms with Gasteiger partial charge in [-0.05, 0) is 36.6 Å². The van der Waals surface area contributed by atoms with Crippen LogP contribution in [0.3, 0.4) is 0 Å². The molecule has 0 aliphatic carbocycles. The van der Waals surface area contributed by atoms with Crippen LogP contribution >= 0.6 is 11.6 Å². The Bertz CT molecular complexity index is 436. The van der Waals surface area contributed by atoms with Crippen molar-refractivity contribution in [3.63, 3.8) is 0 Å². The Morgan fingerprint density at radius 2 is 2.25 bits per heavy atom. The number of ether oxygens (including phenoxy) is 1. The molecule has 1 fully saturated rings. The van der Waals surface area contributed by atoms with Gasteiger partial charge in [-0.1, -0.05) is 31.5 Å². The van der Waals surface area contributed by atoms with E-state index in [-0.39, 0.29) is 0 Å². The van der Waals surface area contributed by atoms with E-state index in [1.165, 1.54) is 11.3 Å². The second kappa shape index (κ2) is 7.30. The predicted octanol–water partition coefficient (Wildman–Crippen LogP) is 3.31. The van der Waals surface area contributed by atoms with Crippen molar-refractivity contribution >= 4 is 17.3 Å². The Morgan fingerprint density at radius 1 is 1.45 bits per heavy atom. The summed E-state index contributed by atoms with van der Waals surface area (Å²) in [5.41, 5.74) is 2.56. The van der Waals surface area contributed by atoms with Crippen molar-refractivity contribution in [1.82, 2.24) is 5.32 Å². The first-order valence-corrected chi connectivity index (χ1v) is 7.75. The van der Waals surface area contributed by atoms with Gasteiger partial charge in [-0.2, -0.15) is 0 Å². The first-order valence-electron chi connectivity index (χ1n) is 7.37. The molecule has 1 N–H and O–H groups in total. The highest BCUT2D eigenvalue weighted by Crippen LogP contribution is 2.28. The lowest BCUT2D eigenvalue weighted by atomic mass is 10.1. The number of benzene rings is 1. The molecule has 1 unspecified atom stereocenters. The van der Waals surface area contributed by atoms with Crippen LogP contribution in [-0.4, -0.2) is 32.8 Å². The van der Waals surface area contributed by atoms with Gasteiger partial charge in [-0.15, -0.1) is 0 Å². The lowest BCUT2D eigenvalue weighted by Crippen LogP contribution is -2.25. The third kappa shape index (κ3) is 4.11. The van der Waals surface area contributed by atoms with Crippen LogP contribution in [0.15, 0.2) is 18.2 Å². The van der Waals surface area contributed by atoms with Crippen LogP contribution in [0, 0.1) is 5.92 Å². The minimum atomic E-state index is 0.338. The fourth-order valence-corrected chi connectivity index (χ4v) is 2.78. The number of nitrogens with zero attached hydrogens (tertiary/aromatic N) is 1. The third-order valence-electron chi connectivity index (χ3n) is 3.73. The quantitative estimate of drug-likeness (QED) is 0.871. The Morgan fingerprint density at radius 3 is 2.90 bits per heavy atom. The van der Waals surface area contributed by atoms with Gasteiger partial charge in [-0.3, -0.25) is 0 Å². The zero-order valence-electron chi connectivity index (χ0n) is 12.7. The molecule has 1 heterocycles. The van der Waals surface area contributed by atoms with Crippen LogP contribution < -0.4 is 10.2 Å². The summed E-state index contributed by atoms with van der Waals surface area (Å²) in [6.07, 6.45) is 1.42. The molecule has 2 rings (SSSR count). The summed E-state index contributed by atoms with van der Waals surface area (Å²) in [5.74, 6) is 0.662. The van der Waals surface area contributed by atoms with E-state index in [1.807, 2.05) is 6.07 Å². The molecule has 0 radical (unpaired) electrons. The van der Waals surface area contributed by atoms with Gasteiger partial charge in [-0.25, -0.2) is 0 Å². The van der Waals surface area contributed by atoms with E-state index in [4.69, 9.17) is 16.3 Å². The largest absolute Gasteiger partial charge is 0.380 e. The van der Waals surface area contributed by atoms with Gasteiger partial charge in [0, 0.05) is 37.5 Å². The molecule has 1 aromatic rings. The van der Waals surface area contributed by atoms with Gasteiger partial charge in [0.2, 0.25) is 0 Å². The molecular formula is C16H25ClN2O. The van der Waals surface area contributed by atoms with Crippen molar-refractivity contribution in [2.75, 3.05) is 31.6 Å². The smallest absolute Gasteiger partial charge is 0.0762 e. The highest BCUT2D eigenvalue weighted by molar-refractivity contribution is 6.30. The molecule has 0 amide bonds. The first kappa shape index (κ1) is 15.6. The average Bonchev–Trinajstić information content (AvgIpc) is 2.88. The van der Waals surface area contributed by atoms with Crippen LogP contribution in [-0.2, 0) is 11.3 Å². The fraction of sp³-hybridized carbons (Fsp3) is 0.625. The molecule has 112 valence electrons. The van der Waals surface area contributed by atoms with Crippen LogP contribution in [0.4, 0.5) is 5.69 Å². The van der Waals surface area contributed by atoms with Crippen LogP contribution in [0.1, 0.15) is 25.8 Å². The van der Waals surface area contributed by atoms with E-state index in [1.54, 1.807) is 7.11 Å². The number of halogens is 1. The average molecular weight is 297 g/mol. The van der Waals surface area contributed by atoms with E-state index in [0.29, 0.717) is 12.0 Å². The monoisotopic (exact) mass is 296 g/mol. The van der Waals surface area contributed by atoms with Crippen LogP contribution in [0.25, 0.3) is 0 Å². The van der Waals surface area contributed by atoms with Gasteiger partial charge in [0.25, 0.3) is 0 Å². The van der Waals surface area contributed by atoms with Crippen molar-refractivity contribution in [2.45, 2.75) is 32.9 Å². The van der Waals surface area contributed by atoms with Crippen molar-refractivity contribution in [3.8, 4) is 0 Å². The standard InChI is InChI=1S/C16H25ClN2O/c1-12(2)9-18-10-13-4-5-14(17)8-16(13)19-7-6-15(11-19)20-3/h4-5,8,12,15,18H,6-7,9-11H2,1-3H3. The SMILES string of the molecule is COC1CCN(c2cc(Cl)ccc2CNCC(C)C)C1. The highest BCUT2D eigenvalue weighted by Gasteiger charge is 2.24. The zero-order valence-corrected chi connectivity index (χ0v) is 13.4. The Labute approximate surface area is 127 Å². The number of hydrogen-bond acceptors (Lipinski definition) is 3. The van der Waals surface area contributed by atoms with Gasteiger partial charge in [0.1, 0.15) is 0 Å². The molecule has 0 saturated carbocycles. The number of rotatable bonds is 6. The Kier molecular flexibility index (Phi) is 5.70. The molecule has 0 spiro atoms. The molecule has 0 bridgehead atoms. The first-order chi connectivity index (χ1) is 9.60. The maximum Gasteiger partial charge on any atom is 0.0762 e. The van der Waals surface area contributed by atoms with Crippen molar-refractivity contribution < 1.29 is 4.74 Å². The summed E-state index contributed by atoms with van der Waals surface area (Å²) in [4.78, 5) is 2.38. The summed E-state index contributed by atoms with van der Waals surface area (Å²) >= 11 is 6.17. The summed E-state index contributed by atoms with van der Waals surface area (Å²) in [6, 6.07) is 6.18. The lowest BCUT2D eigenvalue weighted by Gasteiger charge is -2.22. The molecule has 4 heteroatoms. The maximum absolute atomic E-state index is 6.17. The van der Waals surface area contributed by atoms with E-state index >= 15 is 0 Å². The van der Waals surface area contributed by atoms with E-state index < -0.39 is 0 Å². The van der Waals surface area contributed by atoms with Crippen LogP contribution in [0.5, 0.6) is 0 Å². The minimum Gasteiger partial charge on any atom is -0.380 e. The second-order valence-electron chi connectivity index (χ2n) is 5.89. The van der Waals surface area contributed by atoms with E-state index in [9.17, 15) is 0 Å². The zero-order chi connectivity index (χ0) is 14.5. The van der Waals surface area contributed by atoms with Gasteiger partial charge < -0.3 is 15.0 Å². The number of methoxy groups -OCH3 is 1. The third-order valence-corrected chi connectivity index (χ3v) is 3.97. The predicted molar refractivity (Wildman–Crippen MR) is 85.6 cm³/mol. The maximum atomic E-state index is 6.17. The van der Waals surface area contributed by atoms with E-state index in [2.05, 4.69) is 36.2 Å². The van der Waals surface area contributed by atoms with Crippen LogP contribution in [0.2, 0.25) is 5.02 Å². The summed E-state index contributed by atoms with van der Waals surface area (Å²) in [5, 5.41) is 4.31. The van der Waals surface area contributed by atoms with Gasteiger partial charge in [0.15, 0.2) is 0 Å². The fourth-order valence-electron chi connectivity index (χ4n) is 2.62. The molecule has 0 aromatic heterocycles. The summed E-state index contributed by atoms with van der Waals surface area (Å²) in [6.45, 7) is 8.35. The molecule has 1 aromatic carbocycles. The molecule has 1 aliphatic rings. The molecule has 1 aliphatic heterocycles. The number of hydrogen-bond donors (Lipinski definition) is 1. The van der Waals surface area contributed by atoms with Gasteiger partial charge >= 0.3 is 0 Å². The molecule has 1 saturated heterocycles. The summed E-state index contributed by atoms with van der Waals surface area (Å²) < 4.78 is 5.46. The van der Waals surface area contributed by atoms with Gasteiger partial charge in [0.05, 0.1) is 6.10 Å². The van der Waals surface area contributed by atoms with E-state index in [0.717, 1.165) is 37.6 Å². The lowest BCUT2D eigenvalue weighted by molar-refractivity contribution is 0.121. The minimum absolute atomic E-state index is 0.338. The van der Waals surface area contributed by atoms with Crippen molar-refractivity contribution in [2.24, 2.45) is 5.92 Å².